The van der Waals surface area contributed by atoms with E-state index in [1.54, 1.807) is 9.36 Å². The lowest BCUT2D eigenvalue weighted by Crippen LogP contribution is -2.16. The Morgan fingerprint density at radius 3 is 0.590 bits per heavy atom. The summed E-state index contributed by atoms with van der Waals surface area (Å²) in [4.78, 5) is 0. The van der Waals surface area contributed by atoms with Crippen LogP contribution < -0.4 is 9.47 Å². The number of hydrogen-bond acceptors (Lipinski definition) is 14. The van der Waals surface area contributed by atoms with E-state index in [0.717, 1.165) is 123 Å². The summed E-state index contributed by atoms with van der Waals surface area (Å²) in [6, 6.07) is 49.1. The average Bonchev–Trinajstić information content (AvgIpc) is 0.784. The molecule has 636 valence electrons. The molecule has 2 aromatic heterocycles. The van der Waals surface area contributed by atoms with Crippen molar-refractivity contribution in [3.05, 3.63) is 303 Å². The van der Waals surface area contributed by atoms with Gasteiger partial charge in [0.25, 0.3) is 0 Å². The van der Waals surface area contributed by atoms with Crippen molar-refractivity contribution in [3.8, 4) is 57.4 Å². The predicted molar refractivity (Wildman–Crippen MR) is 489 cm³/mol. The molecule has 16 nitrogen and oxygen atoms in total. The molecule has 12 aromatic rings. The number of nitrogens with zero attached hydrogens (tertiary/aromatic N) is 8. The van der Waals surface area contributed by atoms with Gasteiger partial charge in [-0.05, 0) is 225 Å². The molecule has 0 saturated heterocycles. The van der Waals surface area contributed by atoms with Gasteiger partial charge >= 0.3 is 0 Å². The highest BCUT2D eigenvalue weighted by Gasteiger charge is 2.33. The number of phenolic OH excluding ortho intramolecular Hbond substituents is 6. The first kappa shape index (κ1) is 86.8. The smallest absolute Gasteiger partial charge is 0.134 e. The molecular formula is C106H124N8O8. The first-order valence-corrected chi connectivity index (χ1v) is 43.0. The summed E-state index contributed by atoms with van der Waals surface area (Å²) in [7, 11) is 0. The van der Waals surface area contributed by atoms with Gasteiger partial charge in [0.1, 0.15) is 70.6 Å². The maximum atomic E-state index is 12.7. The largest absolute Gasteiger partial charge is 0.507 e. The van der Waals surface area contributed by atoms with Gasteiger partial charge in [-0.2, -0.15) is 10.2 Å². The predicted octanol–water partition coefficient (Wildman–Crippen LogP) is 24.4. The molecular weight excluding hydrogens is 1510 g/mol. The number of hydrogen-bond donors (Lipinski definition) is 6. The van der Waals surface area contributed by atoms with Crippen molar-refractivity contribution >= 4 is 11.4 Å². The van der Waals surface area contributed by atoms with Crippen LogP contribution in [0.3, 0.4) is 0 Å². The molecule has 0 atom stereocenters. The van der Waals surface area contributed by atoms with Gasteiger partial charge in [-0.15, -0.1) is 10.2 Å². The number of phenols is 6. The summed E-state index contributed by atoms with van der Waals surface area (Å²) in [5.41, 5.74) is 22.4. The molecule has 2 aliphatic rings. The van der Waals surface area contributed by atoms with E-state index < -0.39 is 0 Å². The average molecular weight is 1640 g/mol. The minimum Gasteiger partial charge on any atom is -0.507 e. The Bertz CT molecular complexity index is 5440. The van der Waals surface area contributed by atoms with Crippen molar-refractivity contribution in [1.29, 1.82) is 0 Å². The van der Waals surface area contributed by atoms with Gasteiger partial charge in [-0.1, -0.05) is 274 Å². The van der Waals surface area contributed by atoms with E-state index in [1.807, 2.05) is 60.9 Å². The first-order valence-electron chi connectivity index (χ1n) is 43.0. The molecule has 0 unspecified atom stereocenters. The van der Waals surface area contributed by atoms with Crippen molar-refractivity contribution in [2.45, 2.75) is 274 Å². The molecule has 10 aromatic carbocycles. The maximum absolute atomic E-state index is 12.7. The lowest BCUT2D eigenvalue weighted by molar-refractivity contribution is 0.295. The Labute approximate surface area is 721 Å². The highest BCUT2D eigenvalue weighted by molar-refractivity contribution is 5.63. The van der Waals surface area contributed by atoms with Gasteiger partial charge < -0.3 is 40.1 Å². The highest BCUT2D eigenvalue weighted by Crippen LogP contribution is 2.48. The third-order valence-corrected chi connectivity index (χ3v) is 24.4. The molecule has 0 saturated carbocycles. The van der Waals surface area contributed by atoms with Crippen LogP contribution in [0.2, 0.25) is 0 Å². The number of fused-ring (bicyclic) bond motifs is 16. The van der Waals surface area contributed by atoms with E-state index in [4.69, 9.17) is 9.47 Å². The summed E-state index contributed by atoms with van der Waals surface area (Å²) in [6.45, 7) is 52.6. The summed E-state index contributed by atoms with van der Waals surface area (Å²) in [6.07, 6.45) is 6.17. The number of ether oxygens (including phenoxy) is 2. The van der Waals surface area contributed by atoms with Crippen LogP contribution in [0.5, 0.6) is 46.0 Å². The van der Waals surface area contributed by atoms with Crippen LogP contribution in [-0.2, 0) is 108 Å². The Balaban J connectivity index is 0.722. The van der Waals surface area contributed by atoms with Crippen LogP contribution in [0.1, 0.15) is 311 Å². The minimum absolute atomic E-state index is 0.0686. The second-order valence-corrected chi connectivity index (χ2v) is 42.6. The van der Waals surface area contributed by atoms with Gasteiger partial charge in [0.05, 0.1) is 35.1 Å². The fourth-order valence-corrected chi connectivity index (χ4v) is 16.4. The van der Waals surface area contributed by atoms with Crippen molar-refractivity contribution in [3.63, 3.8) is 0 Å². The fourth-order valence-electron chi connectivity index (χ4n) is 16.4. The third-order valence-electron chi connectivity index (χ3n) is 24.4. The van der Waals surface area contributed by atoms with Crippen molar-refractivity contribution in [1.82, 2.24) is 30.0 Å². The molecule has 0 radical (unpaired) electrons. The zero-order valence-electron chi connectivity index (χ0n) is 76.2. The van der Waals surface area contributed by atoms with Crippen LogP contribution in [0.25, 0.3) is 11.4 Å². The summed E-state index contributed by atoms with van der Waals surface area (Å²) in [5.74, 6) is 2.32. The first-order chi connectivity index (χ1) is 56.9. The Morgan fingerprint density at radius 2 is 0.418 bits per heavy atom. The molecule has 0 aliphatic heterocycles. The van der Waals surface area contributed by atoms with Crippen molar-refractivity contribution < 1.29 is 40.1 Å². The van der Waals surface area contributed by atoms with Crippen LogP contribution >= 0.6 is 0 Å². The van der Waals surface area contributed by atoms with E-state index >= 15 is 0 Å². The molecule has 14 rings (SSSR count). The second-order valence-electron chi connectivity index (χ2n) is 42.6. The van der Waals surface area contributed by atoms with E-state index in [1.165, 1.54) is 0 Å². The molecule has 0 spiro atoms. The quantitative estimate of drug-likeness (QED) is 0.0703. The van der Waals surface area contributed by atoms with E-state index in [2.05, 4.69) is 294 Å². The van der Waals surface area contributed by atoms with Gasteiger partial charge in [0, 0.05) is 51.4 Å². The zero-order valence-corrected chi connectivity index (χ0v) is 76.2. The number of azo groups is 1. The van der Waals surface area contributed by atoms with Gasteiger partial charge in [0.15, 0.2) is 0 Å². The number of rotatable bonds is 10. The van der Waals surface area contributed by atoms with E-state index in [0.29, 0.717) is 82.2 Å². The Hall–Kier alpha value is -11.5. The number of benzene rings is 10. The lowest BCUT2D eigenvalue weighted by Gasteiger charge is -2.27. The molecule has 0 fully saturated rings. The normalized spacial score (nSPS) is 13.9. The fraction of sp³-hybridized carbons (Fsp3) is 0.396. The molecule has 16 heteroatoms. The van der Waals surface area contributed by atoms with E-state index in [9.17, 15) is 30.6 Å². The Kier molecular flexibility index (Phi) is 22.8. The lowest BCUT2D eigenvalue weighted by atomic mass is 9.79. The third kappa shape index (κ3) is 18.9. The van der Waals surface area contributed by atoms with Gasteiger partial charge in [-0.25, -0.2) is 9.36 Å². The highest BCUT2D eigenvalue weighted by atomic mass is 16.5. The molecule has 16 bridgehead atoms. The maximum Gasteiger partial charge on any atom is 0.134 e. The van der Waals surface area contributed by atoms with E-state index in [-0.39, 0.29) is 117 Å². The monoisotopic (exact) mass is 1640 g/mol. The SMILES string of the molecule is CC(C)(C)c1cc2c(O)c(c1)Cc1cc(C(C)(C)C)cc(c1O)Cc1cc(C(C)(C)C)cc(c1OCc1cn(-c3ccc(N=Nc4ccc(-n5cc(COc6c7cc(C(C)(C)C)cc6Cc6cc(C(C)(C)C)cc(c6O)Cc6cc(C(C)(C)C)cc(c6O)Cc6cc(C(C)(C)C)cc(c6O)C7)nn5)cc4)cc3)nn1)Cc1cc(C(C)(C)C)cc(c1O)C2. The minimum atomic E-state index is -0.291. The topological polar surface area (TPSA) is 226 Å². The van der Waals surface area contributed by atoms with Crippen molar-refractivity contribution in [2.75, 3.05) is 0 Å². The van der Waals surface area contributed by atoms with Gasteiger partial charge in [0.2, 0.25) is 0 Å². The summed E-state index contributed by atoms with van der Waals surface area (Å²) < 4.78 is 17.6. The van der Waals surface area contributed by atoms with Gasteiger partial charge in [-0.3, -0.25) is 0 Å². The van der Waals surface area contributed by atoms with Crippen LogP contribution in [0.4, 0.5) is 11.4 Å². The molecule has 0 amide bonds. The molecule has 2 heterocycles. The number of aromatic nitrogens is 6. The van der Waals surface area contributed by atoms with Crippen LogP contribution in [-0.4, -0.2) is 60.6 Å². The van der Waals surface area contributed by atoms with Crippen LogP contribution in [0.15, 0.2) is 168 Å². The van der Waals surface area contributed by atoms with Crippen molar-refractivity contribution in [2.24, 2.45) is 10.2 Å². The number of aromatic hydroxyl groups is 6. The molecule has 6 N–H and O–H groups in total. The standard InChI is InChI=1S/C106H124N8O8/c1-99(2,3)77-41-61-33-65-45-79(101(7,8)9)49-69(93(65)117)37-73-53-83(105(19,20)21)54-74(38-70-50-80(102(10,11)12)46-66(94(70)118)34-62(42-77)91(61)115)97(73)121-59-87-57-113(111-109-87)89-29-25-85(26-30-89)107-108-86-27-31-90(32-28-86)114-58-88(110-112-114)60-122-98-75-39-71-51-81(103(13,14)15)47-67(95(71)119)35-63-43-78(100(4,5)6)44-64(92(63)116)36-68-48-82(104(16,17)18)52-72(96(68)120)40-76(98)56-84(55-75)106(22,23)24/h25-32,41-58,115-120H,33-40,59-60H2,1-24H3. The molecule has 2 aliphatic carbocycles. The van der Waals surface area contributed by atoms with Crippen LogP contribution in [0, 0.1) is 0 Å². The molecule has 122 heavy (non-hydrogen) atoms. The zero-order chi connectivity index (χ0) is 88.2. The Morgan fingerprint density at radius 1 is 0.254 bits per heavy atom. The summed E-state index contributed by atoms with van der Waals surface area (Å²) >= 11 is 0. The second kappa shape index (κ2) is 32.1. The summed E-state index contributed by atoms with van der Waals surface area (Å²) in [5, 5.41) is 103.